The average molecular weight is 667 g/mol. The molecule has 4 fully saturated rings. The van der Waals surface area contributed by atoms with E-state index in [1.165, 1.54) is 4.90 Å². The van der Waals surface area contributed by atoms with Gasteiger partial charge in [0.2, 0.25) is 17.7 Å². The third-order valence-electron chi connectivity index (χ3n) is 10.1. The lowest BCUT2D eigenvalue weighted by atomic mass is 9.70. The van der Waals surface area contributed by atoms with Crippen molar-refractivity contribution in [2.75, 3.05) is 59.1 Å². The number of nitrogens with zero attached hydrogens (tertiary/aromatic N) is 3. The largest absolute Gasteiger partial charge is 0.455 e. The highest BCUT2D eigenvalue weighted by Crippen LogP contribution is 2.59. The molecule has 262 valence electrons. The normalized spacial score (nSPS) is 27.6. The molecule has 12 heteroatoms. The SMILES string of the molecule is C=CCCC(=O)N[C@@H](C)[C@H](OC(=O)[C@@H]1[C@@H]2CC[C@]3(O2)[C@H](C(=O)N(CC=C)CCN2CCOCC2)N(CCCO)C(=O)[C@@H]13)c1ccccc1. The number of aliphatic hydroxyl groups excluding tert-OH is 1. The molecule has 0 unspecified atom stereocenters. The number of hydrogen-bond donors (Lipinski definition) is 2. The van der Waals surface area contributed by atoms with E-state index in [0.29, 0.717) is 57.7 Å². The second kappa shape index (κ2) is 16.2. The molecule has 4 aliphatic heterocycles. The summed E-state index contributed by atoms with van der Waals surface area (Å²) in [6.07, 6.45) is 3.96. The summed E-state index contributed by atoms with van der Waals surface area (Å²) in [4.78, 5) is 61.1. The van der Waals surface area contributed by atoms with Crippen LogP contribution in [0.5, 0.6) is 0 Å². The maximum atomic E-state index is 14.5. The maximum Gasteiger partial charge on any atom is 0.313 e. The van der Waals surface area contributed by atoms with Crippen molar-refractivity contribution in [3.63, 3.8) is 0 Å². The van der Waals surface area contributed by atoms with Crippen LogP contribution in [0.2, 0.25) is 0 Å². The predicted molar refractivity (Wildman–Crippen MR) is 177 cm³/mol. The van der Waals surface area contributed by atoms with Crippen LogP contribution < -0.4 is 5.32 Å². The Bertz CT molecular complexity index is 1320. The van der Waals surface area contributed by atoms with Crippen LogP contribution in [-0.4, -0.2) is 126 Å². The summed E-state index contributed by atoms with van der Waals surface area (Å²) in [7, 11) is 0. The van der Waals surface area contributed by atoms with Gasteiger partial charge in [-0.1, -0.05) is 42.5 Å². The fourth-order valence-electron chi connectivity index (χ4n) is 7.83. The van der Waals surface area contributed by atoms with Gasteiger partial charge in [-0.2, -0.15) is 0 Å². The van der Waals surface area contributed by atoms with Gasteiger partial charge in [-0.3, -0.25) is 24.1 Å². The highest BCUT2D eigenvalue weighted by atomic mass is 16.6. The molecule has 3 amide bonds. The first-order valence-corrected chi connectivity index (χ1v) is 17.2. The number of hydrogen-bond acceptors (Lipinski definition) is 9. The Morgan fingerprint density at radius 1 is 1.17 bits per heavy atom. The number of rotatable bonds is 17. The van der Waals surface area contributed by atoms with Crippen molar-refractivity contribution < 1.29 is 38.5 Å². The number of fused-ring (bicyclic) bond motifs is 1. The van der Waals surface area contributed by atoms with Crippen molar-refractivity contribution in [2.24, 2.45) is 11.8 Å². The van der Waals surface area contributed by atoms with Gasteiger partial charge in [-0.25, -0.2) is 0 Å². The van der Waals surface area contributed by atoms with Gasteiger partial charge in [0.25, 0.3) is 0 Å². The van der Waals surface area contributed by atoms with Crippen molar-refractivity contribution in [1.82, 2.24) is 20.0 Å². The molecule has 12 nitrogen and oxygen atoms in total. The van der Waals surface area contributed by atoms with Gasteiger partial charge in [0, 0.05) is 52.3 Å². The molecule has 1 spiro atoms. The number of amides is 3. The molecule has 0 radical (unpaired) electrons. The molecule has 7 atom stereocenters. The Hall–Kier alpha value is -3.58. The Kier molecular flexibility index (Phi) is 12.1. The molecule has 48 heavy (non-hydrogen) atoms. The summed E-state index contributed by atoms with van der Waals surface area (Å²) in [6.45, 7) is 13.6. The van der Waals surface area contributed by atoms with Crippen LogP contribution in [-0.2, 0) is 33.4 Å². The van der Waals surface area contributed by atoms with Crippen molar-refractivity contribution in [2.45, 2.75) is 68.9 Å². The van der Waals surface area contributed by atoms with E-state index in [4.69, 9.17) is 14.2 Å². The third kappa shape index (κ3) is 7.36. The van der Waals surface area contributed by atoms with E-state index in [0.717, 1.165) is 13.1 Å². The number of morpholine rings is 1. The second-order valence-electron chi connectivity index (χ2n) is 13.1. The van der Waals surface area contributed by atoms with E-state index in [2.05, 4.69) is 23.4 Å². The molecule has 0 aliphatic carbocycles. The number of likely N-dealkylation sites (tertiary alicyclic amines) is 1. The van der Waals surface area contributed by atoms with Crippen LogP contribution in [0.25, 0.3) is 0 Å². The summed E-state index contributed by atoms with van der Waals surface area (Å²) in [5.41, 5.74) is -0.486. The smallest absolute Gasteiger partial charge is 0.313 e. The zero-order valence-corrected chi connectivity index (χ0v) is 28.0. The molecule has 0 saturated carbocycles. The van der Waals surface area contributed by atoms with Crippen molar-refractivity contribution in [3.05, 3.63) is 61.2 Å². The number of carbonyl (C=O) groups excluding carboxylic acids is 4. The van der Waals surface area contributed by atoms with E-state index in [1.54, 1.807) is 24.0 Å². The minimum absolute atomic E-state index is 0.153. The summed E-state index contributed by atoms with van der Waals surface area (Å²) < 4.78 is 18.3. The lowest BCUT2D eigenvalue weighted by Gasteiger charge is -2.37. The summed E-state index contributed by atoms with van der Waals surface area (Å²) in [5, 5.41) is 12.6. The quantitative estimate of drug-likeness (QED) is 0.189. The third-order valence-corrected chi connectivity index (χ3v) is 10.1. The number of aliphatic hydroxyl groups is 1. The second-order valence-corrected chi connectivity index (χ2v) is 13.1. The average Bonchev–Trinajstić information content (AvgIpc) is 3.74. The van der Waals surface area contributed by atoms with Crippen molar-refractivity contribution in [1.29, 1.82) is 0 Å². The lowest BCUT2D eigenvalue weighted by molar-refractivity contribution is -0.162. The van der Waals surface area contributed by atoms with Gasteiger partial charge in [-0.05, 0) is 38.2 Å². The highest BCUT2D eigenvalue weighted by Gasteiger charge is 2.75. The number of ether oxygens (including phenoxy) is 3. The van der Waals surface area contributed by atoms with Crippen molar-refractivity contribution >= 4 is 23.7 Å². The summed E-state index contributed by atoms with van der Waals surface area (Å²) >= 11 is 0. The van der Waals surface area contributed by atoms with Crippen LogP contribution in [0, 0.1) is 11.8 Å². The molecular formula is C36H50N4O8. The van der Waals surface area contributed by atoms with Gasteiger partial charge in [0.1, 0.15) is 17.7 Å². The first-order chi connectivity index (χ1) is 23.2. The Morgan fingerprint density at radius 2 is 1.92 bits per heavy atom. The lowest BCUT2D eigenvalue weighted by Crippen LogP contribution is -2.57. The Labute approximate surface area is 283 Å². The fourth-order valence-corrected chi connectivity index (χ4v) is 7.83. The van der Waals surface area contributed by atoms with Gasteiger partial charge >= 0.3 is 5.97 Å². The zero-order valence-electron chi connectivity index (χ0n) is 28.0. The minimum atomic E-state index is -1.19. The number of nitrogens with one attached hydrogen (secondary N) is 1. The Balaban J connectivity index is 1.40. The highest BCUT2D eigenvalue weighted by molar-refractivity contribution is 5.98. The van der Waals surface area contributed by atoms with Gasteiger partial charge in [0.15, 0.2) is 0 Å². The monoisotopic (exact) mass is 666 g/mol. The Morgan fingerprint density at radius 3 is 2.60 bits per heavy atom. The molecule has 2 bridgehead atoms. The van der Waals surface area contributed by atoms with Crippen LogP contribution in [0.3, 0.4) is 0 Å². The fraction of sp³-hybridized carbons (Fsp3) is 0.611. The van der Waals surface area contributed by atoms with Crippen LogP contribution in [0.1, 0.15) is 50.7 Å². The molecule has 4 heterocycles. The standard InChI is InChI=1S/C36H50N4O8/c1-4-6-13-28(42)37-25(3)31(26-11-8-7-9-12-26)47-35(45)29-27-14-15-36(48-27)30(29)33(43)40(17-10-22-41)32(36)34(44)39(16-5-2)19-18-38-20-23-46-24-21-38/h4-5,7-9,11-12,25,27,29-32,41H,1-2,6,10,13-24H2,3H3,(H,37,42)/t25-,27-,29+,30+,31-,32-,36+/m0/s1. The van der Waals surface area contributed by atoms with E-state index in [9.17, 15) is 24.3 Å². The van der Waals surface area contributed by atoms with E-state index >= 15 is 0 Å². The molecular weight excluding hydrogens is 616 g/mol. The maximum absolute atomic E-state index is 14.5. The number of esters is 1. The van der Waals surface area contributed by atoms with E-state index in [-0.39, 0.29) is 43.7 Å². The van der Waals surface area contributed by atoms with E-state index < -0.39 is 47.7 Å². The molecule has 2 N–H and O–H groups in total. The van der Waals surface area contributed by atoms with E-state index in [1.807, 2.05) is 30.3 Å². The van der Waals surface area contributed by atoms with Crippen LogP contribution >= 0.6 is 0 Å². The number of benzene rings is 1. The molecule has 5 rings (SSSR count). The number of carbonyl (C=O) groups is 4. The molecule has 4 saturated heterocycles. The molecule has 1 aromatic rings. The van der Waals surface area contributed by atoms with Gasteiger partial charge in [-0.15, -0.1) is 13.2 Å². The topological polar surface area (TPSA) is 138 Å². The molecule has 4 aliphatic rings. The predicted octanol–water partition coefficient (Wildman–Crippen LogP) is 1.85. The minimum Gasteiger partial charge on any atom is -0.455 e. The molecule has 0 aromatic heterocycles. The summed E-state index contributed by atoms with van der Waals surface area (Å²) in [5.74, 6) is -3.19. The zero-order chi connectivity index (χ0) is 34.3. The first-order valence-electron chi connectivity index (χ1n) is 17.2. The van der Waals surface area contributed by atoms with Crippen LogP contribution in [0.15, 0.2) is 55.6 Å². The van der Waals surface area contributed by atoms with Crippen LogP contribution in [0.4, 0.5) is 0 Å². The first kappa shape index (κ1) is 35.7. The number of allylic oxidation sites excluding steroid dienone is 1. The van der Waals surface area contributed by atoms with Gasteiger partial charge < -0.3 is 34.4 Å². The molecule has 1 aromatic carbocycles. The van der Waals surface area contributed by atoms with Gasteiger partial charge in [0.05, 0.1) is 37.2 Å². The summed E-state index contributed by atoms with van der Waals surface area (Å²) in [6, 6.07) is 7.69. The van der Waals surface area contributed by atoms with Crippen molar-refractivity contribution in [3.8, 4) is 0 Å².